The third kappa shape index (κ3) is 3.19. The average Bonchev–Trinajstić information content (AvgIpc) is 2.37. The van der Waals surface area contributed by atoms with Crippen molar-refractivity contribution < 1.29 is 9.47 Å². The van der Waals surface area contributed by atoms with Gasteiger partial charge in [0, 0.05) is 29.6 Å². The Bertz CT molecular complexity index is 585. The molecule has 2 rings (SSSR count). The van der Waals surface area contributed by atoms with Crippen LogP contribution in [0.1, 0.15) is 18.3 Å². The SMILES string of the molecule is CCOc1cc(C)nc(-c2nc(C)cc(OC)n2)c1. The summed E-state index contributed by atoms with van der Waals surface area (Å²) in [7, 11) is 1.58. The highest BCUT2D eigenvalue weighted by molar-refractivity contribution is 5.53. The van der Waals surface area contributed by atoms with Crippen molar-refractivity contribution in [2.45, 2.75) is 20.8 Å². The maximum atomic E-state index is 5.51. The topological polar surface area (TPSA) is 57.1 Å². The summed E-state index contributed by atoms with van der Waals surface area (Å²) in [6.07, 6.45) is 0. The van der Waals surface area contributed by atoms with Crippen LogP contribution < -0.4 is 9.47 Å². The van der Waals surface area contributed by atoms with Crippen LogP contribution in [-0.2, 0) is 0 Å². The molecule has 5 heteroatoms. The lowest BCUT2D eigenvalue weighted by atomic mass is 10.2. The van der Waals surface area contributed by atoms with Crippen LogP contribution >= 0.6 is 0 Å². The molecule has 0 spiro atoms. The van der Waals surface area contributed by atoms with Gasteiger partial charge in [0.15, 0.2) is 5.82 Å². The van der Waals surface area contributed by atoms with Crippen molar-refractivity contribution >= 4 is 0 Å². The standard InChI is InChI=1S/C14H17N3O2/c1-5-19-11-6-9(2)15-12(8-11)14-16-10(3)7-13(17-14)18-4/h6-8H,5H2,1-4H3. The second kappa shape index (κ2) is 5.65. The number of rotatable bonds is 4. The first kappa shape index (κ1) is 13.3. The molecule has 19 heavy (non-hydrogen) atoms. The maximum absolute atomic E-state index is 5.51. The second-order valence-electron chi connectivity index (χ2n) is 4.14. The number of hydrogen-bond acceptors (Lipinski definition) is 5. The quantitative estimate of drug-likeness (QED) is 0.844. The number of aromatic nitrogens is 3. The molecule has 0 aromatic carbocycles. The van der Waals surface area contributed by atoms with Gasteiger partial charge in [0.2, 0.25) is 5.88 Å². The van der Waals surface area contributed by atoms with Crippen LogP contribution in [0.3, 0.4) is 0 Å². The zero-order valence-corrected chi connectivity index (χ0v) is 11.6. The fourth-order valence-corrected chi connectivity index (χ4v) is 1.76. The highest BCUT2D eigenvalue weighted by atomic mass is 16.5. The lowest BCUT2D eigenvalue weighted by Crippen LogP contribution is -2.00. The highest BCUT2D eigenvalue weighted by Gasteiger charge is 2.09. The maximum Gasteiger partial charge on any atom is 0.216 e. The van der Waals surface area contributed by atoms with Gasteiger partial charge in [0.05, 0.1) is 13.7 Å². The molecule has 0 fully saturated rings. The predicted molar refractivity (Wildman–Crippen MR) is 72.5 cm³/mol. The normalized spacial score (nSPS) is 10.3. The lowest BCUT2D eigenvalue weighted by Gasteiger charge is -2.08. The largest absolute Gasteiger partial charge is 0.494 e. The minimum absolute atomic E-state index is 0.531. The Balaban J connectivity index is 2.48. The third-order valence-corrected chi connectivity index (χ3v) is 2.51. The second-order valence-corrected chi connectivity index (χ2v) is 4.14. The molecule has 2 aromatic heterocycles. The van der Waals surface area contributed by atoms with E-state index in [-0.39, 0.29) is 0 Å². The van der Waals surface area contributed by atoms with E-state index in [1.165, 1.54) is 0 Å². The fourth-order valence-electron chi connectivity index (χ4n) is 1.76. The third-order valence-electron chi connectivity index (χ3n) is 2.51. The zero-order valence-electron chi connectivity index (χ0n) is 11.6. The number of ether oxygens (including phenoxy) is 2. The van der Waals surface area contributed by atoms with E-state index in [1.807, 2.05) is 32.9 Å². The van der Waals surface area contributed by atoms with Crippen molar-refractivity contribution in [3.63, 3.8) is 0 Å². The van der Waals surface area contributed by atoms with Crippen LogP contribution in [0.15, 0.2) is 18.2 Å². The van der Waals surface area contributed by atoms with E-state index >= 15 is 0 Å². The first-order valence-electron chi connectivity index (χ1n) is 6.14. The first-order chi connectivity index (χ1) is 9.12. The van der Waals surface area contributed by atoms with Gasteiger partial charge in [-0.05, 0) is 20.8 Å². The van der Waals surface area contributed by atoms with Gasteiger partial charge in [-0.25, -0.2) is 9.97 Å². The summed E-state index contributed by atoms with van der Waals surface area (Å²) in [5.41, 5.74) is 2.39. The van der Waals surface area contributed by atoms with E-state index in [9.17, 15) is 0 Å². The summed E-state index contributed by atoms with van der Waals surface area (Å²) >= 11 is 0. The Morgan fingerprint density at radius 1 is 1.00 bits per heavy atom. The van der Waals surface area contributed by atoms with E-state index in [1.54, 1.807) is 13.2 Å². The average molecular weight is 259 g/mol. The van der Waals surface area contributed by atoms with Gasteiger partial charge in [0.25, 0.3) is 0 Å². The van der Waals surface area contributed by atoms with Gasteiger partial charge in [-0.15, -0.1) is 0 Å². The van der Waals surface area contributed by atoms with Crippen molar-refractivity contribution in [2.24, 2.45) is 0 Å². The van der Waals surface area contributed by atoms with Crippen molar-refractivity contribution in [3.05, 3.63) is 29.6 Å². The molecule has 0 amide bonds. The van der Waals surface area contributed by atoms with Crippen LogP contribution in [0.4, 0.5) is 0 Å². The molecule has 100 valence electrons. The van der Waals surface area contributed by atoms with E-state index in [2.05, 4.69) is 15.0 Å². The van der Waals surface area contributed by atoms with Gasteiger partial charge >= 0.3 is 0 Å². The minimum Gasteiger partial charge on any atom is -0.494 e. The Labute approximate surface area is 112 Å². The molecule has 5 nitrogen and oxygen atoms in total. The molecule has 0 unspecified atom stereocenters. The molecule has 0 aliphatic rings. The van der Waals surface area contributed by atoms with Crippen molar-refractivity contribution in [3.8, 4) is 23.1 Å². The van der Waals surface area contributed by atoms with Gasteiger partial charge in [-0.2, -0.15) is 4.98 Å². The molecular weight excluding hydrogens is 242 g/mol. The summed E-state index contributed by atoms with van der Waals surface area (Å²) in [5.74, 6) is 1.85. The van der Waals surface area contributed by atoms with Gasteiger partial charge in [0.1, 0.15) is 11.4 Å². The van der Waals surface area contributed by atoms with Crippen LogP contribution in [0.2, 0.25) is 0 Å². The van der Waals surface area contributed by atoms with Gasteiger partial charge in [-0.3, -0.25) is 0 Å². The number of aryl methyl sites for hydroxylation is 2. The molecule has 0 atom stereocenters. The Hall–Kier alpha value is -2.17. The summed E-state index contributed by atoms with van der Waals surface area (Å²) in [4.78, 5) is 13.1. The first-order valence-corrected chi connectivity index (χ1v) is 6.14. The van der Waals surface area contributed by atoms with Crippen molar-refractivity contribution in [2.75, 3.05) is 13.7 Å². The summed E-state index contributed by atoms with van der Waals surface area (Å²) in [6.45, 7) is 6.37. The van der Waals surface area contributed by atoms with E-state index < -0.39 is 0 Å². The summed E-state index contributed by atoms with van der Waals surface area (Å²) < 4.78 is 10.7. The smallest absolute Gasteiger partial charge is 0.216 e. The lowest BCUT2D eigenvalue weighted by molar-refractivity contribution is 0.339. The van der Waals surface area contributed by atoms with Crippen LogP contribution in [0.5, 0.6) is 11.6 Å². The Morgan fingerprint density at radius 3 is 2.42 bits per heavy atom. The summed E-state index contributed by atoms with van der Waals surface area (Å²) in [6, 6.07) is 5.51. The van der Waals surface area contributed by atoms with Crippen LogP contribution in [-0.4, -0.2) is 28.7 Å². The van der Waals surface area contributed by atoms with E-state index in [0.717, 1.165) is 17.1 Å². The monoisotopic (exact) mass is 259 g/mol. The minimum atomic E-state index is 0.531. The zero-order chi connectivity index (χ0) is 13.8. The molecule has 0 saturated carbocycles. The molecule has 0 saturated heterocycles. The van der Waals surface area contributed by atoms with Crippen LogP contribution in [0, 0.1) is 13.8 Å². The molecule has 0 bridgehead atoms. The predicted octanol–water partition coefficient (Wildman–Crippen LogP) is 2.56. The Morgan fingerprint density at radius 2 is 1.74 bits per heavy atom. The number of hydrogen-bond donors (Lipinski definition) is 0. The molecule has 0 aliphatic heterocycles. The van der Waals surface area contributed by atoms with Crippen molar-refractivity contribution in [1.29, 1.82) is 0 Å². The molecule has 2 heterocycles. The number of pyridine rings is 1. The molecular formula is C14H17N3O2. The molecule has 0 radical (unpaired) electrons. The summed E-state index contributed by atoms with van der Waals surface area (Å²) in [5, 5.41) is 0. The highest BCUT2D eigenvalue weighted by Crippen LogP contribution is 2.22. The molecule has 2 aromatic rings. The molecule has 0 N–H and O–H groups in total. The number of methoxy groups -OCH3 is 1. The van der Waals surface area contributed by atoms with Crippen LogP contribution in [0.25, 0.3) is 11.5 Å². The van der Waals surface area contributed by atoms with E-state index in [0.29, 0.717) is 24.0 Å². The Kier molecular flexibility index (Phi) is 3.94. The van der Waals surface area contributed by atoms with E-state index in [4.69, 9.17) is 9.47 Å². The van der Waals surface area contributed by atoms with Gasteiger partial charge in [-0.1, -0.05) is 0 Å². The number of nitrogens with zero attached hydrogens (tertiary/aromatic N) is 3. The van der Waals surface area contributed by atoms with Crippen molar-refractivity contribution in [1.82, 2.24) is 15.0 Å². The molecule has 0 aliphatic carbocycles. The van der Waals surface area contributed by atoms with Gasteiger partial charge < -0.3 is 9.47 Å². The fraction of sp³-hybridized carbons (Fsp3) is 0.357.